The lowest BCUT2D eigenvalue weighted by Gasteiger charge is -2.37. The molecular formula is C34H28N4O3. The van der Waals surface area contributed by atoms with Gasteiger partial charge in [0.2, 0.25) is 5.88 Å². The third-order valence-electron chi connectivity index (χ3n) is 7.13. The Kier molecular flexibility index (Phi) is 6.77. The van der Waals surface area contributed by atoms with E-state index in [9.17, 15) is 10.1 Å². The van der Waals surface area contributed by atoms with E-state index in [2.05, 4.69) is 41.4 Å². The molecule has 0 radical (unpaired) electrons. The summed E-state index contributed by atoms with van der Waals surface area (Å²) in [6.45, 7) is 3.89. The van der Waals surface area contributed by atoms with Crippen molar-refractivity contribution in [2.45, 2.75) is 25.5 Å². The summed E-state index contributed by atoms with van der Waals surface area (Å²) in [5, 5.41) is 17.8. The summed E-state index contributed by atoms with van der Waals surface area (Å²) in [5.74, 6) is 0.505. The molecule has 0 saturated carbocycles. The number of pyridine rings is 1. The molecule has 6 rings (SSSR count). The van der Waals surface area contributed by atoms with Crippen LogP contribution in [-0.4, -0.2) is 25.8 Å². The fraction of sp³-hybridized carbons (Fsp3) is 0.118. The number of nitro groups is 1. The van der Waals surface area contributed by atoms with Crippen LogP contribution < -0.4 is 4.74 Å². The van der Waals surface area contributed by atoms with Crippen molar-refractivity contribution >= 4 is 16.6 Å². The Balaban J connectivity index is 1.72. The molecule has 0 fully saturated rings. The molecule has 41 heavy (non-hydrogen) atoms. The van der Waals surface area contributed by atoms with E-state index in [1.165, 1.54) is 6.07 Å². The van der Waals surface area contributed by atoms with Crippen molar-refractivity contribution in [2.24, 2.45) is 0 Å². The van der Waals surface area contributed by atoms with Crippen LogP contribution in [0.4, 0.5) is 5.69 Å². The molecule has 2 heterocycles. The molecule has 6 aromatic rings. The highest BCUT2D eigenvalue weighted by atomic mass is 16.6. The zero-order valence-electron chi connectivity index (χ0n) is 22.7. The summed E-state index contributed by atoms with van der Waals surface area (Å²) >= 11 is 0. The second kappa shape index (κ2) is 10.7. The maximum Gasteiger partial charge on any atom is 0.270 e. The summed E-state index contributed by atoms with van der Waals surface area (Å²) in [5.41, 5.74) is 4.21. The molecule has 0 spiro atoms. The van der Waals surface area contributed by atoms with Crippen LogP contribution in [0.15, 0.2) is 128 Å². The van der Waals surface area contributed by atoms with Gasteiger partial charge in [-0.05, 0) is 42.7 Å². The Bertz CT molecular complexity index is 1700. The second-order valence-corrected chi connectivity index (χ2v) is 10.1. The van der Waals surface area contributed by atoms with Crippen molar-refractivity contribution in [1.29, 1.82) is 0 Å². The lowest BCUT2D eigenvalue weighted by Crippen LogP contribution is -2.38. The Labute approximate surface area is 237 Å². The average molecular weight is 541 g/mol. The maximum absolute atomic E-state index is 11.9. The van der Waals surface area contributed by atoms with Gasteiger partial charge in [0.25, 0.3) is 5.69 Å². The molecule has 0 unspecified atom stereocenters. The van der Waals surface area contributed by atoms with E-state index < -0.39 is 5.54 Å². The highest BCUT2D eigenvalue weighted by molar-refractivity contribution is 5.95. The molecule has 0 bridgehead atoms. The van der Waals surface area contributed by atoms with Crippen LogP contribution in [0, 0.1) is 10.1 Å². The van der Waals surface area contributed by atoms with Gasteiger partial charge in [0.15, 0.2) is 0 Å². The molecule has 0 amide bonds. The fourth-order valence-electron chi connectivity index (χ4n) is 5.43. The Morgan fingerprint density at radius 2 is 1.34 bits per heavy atom. The molecule has 0 aliphatic carbocycles. The fourth-order valence-corrected chi connectivity index (χ4v) is 5.43. The number of ether oxygens (including phenoxy) is 1. The zero-order chi connectivity index (χ0) is 28.4. The first-order chi connectivity index (χ1) is 20.0. The van der Waals surface area contributed by atoms with Crippen molar-refractivity contribution < 1.29 is 9.66 Å². The van der Waals surface area contributed by atoms with E-state index in [-0.39, 0.29) is 16.7 Å². The van der Waals surface area contributed by atoms with Crippen LogP contribution in [0.2, 0.25) is 0 Å². The Morgan fingerprint density at radius 3 is 1.80 bits per heavy atom. The van der Waals surface area contributed by atoms with Gasteiger partial charge in [-0.25, -0.2) is 9.67 Å². The lowest BCUT2D eigenvalue weighted by atomic mass is 9.77. The first-order valence-electron chi connectivity index (χ1n) is 13.5. The van der Waals surface area contributed by atoms with E-state index in [0.717, 1.165) is 27.8 Å². The number of nitro benzene ring substituents is 1. The number of hydrogen-bond donors (Lipinski definition) is 0. The highest BCUT2D eigenvalue weighted by Crippen LogP contribution is 2.44. The number of rotatable bonds is 8. The Morgan fingerprint density at radius 1 is 0.780 bits per heavy atom. The van der Waals surface area contributed by atoms with Crippen molar-refractivity contribution in [3.63, 3.8) is 0 Å². The lowest BCUT2D eigenvalue weighted by molar-refractivity contribution is -0.384. The third kappa shape index (κ3) is 4.61. The number of benzene rings is 4. The van der Waals surface area contributed by atoms with Crippen LogP contribution in [0.5, 0.6) is 5.88 Å². The molecule has 0 aliphatic heterocycles. The van der Waals surface area contributed by atoms with Gasteiger partial charge in [0.1, 0.15) is 11.2 Å². The minimum Gasteiger partial charge on any atom is -0.475 e. The number of nitrogens with zero attached hydrogens (tertiary/aromatic N) is 4. The van der Waals surface area contributed by atoms with E-state index in [1.54, 1.807) is 24.4 Å². The summed E-state index contributed by atoms with van der Waals surface area (Å²) in [6.07, 6.45) is 1.69. The Hall–Kier alpha value is -5.30. The molecule has 2 aromatic heterocycles. The minimum absolute atomic E-state index is 0.00393. The molecule has 7 nitrogen and oxygen atoms in total. The molecule has 4 aromatic carbocycles. The molecule has 0 aliphatic rings. The van der Waals surface area contributed by atoms with Gasteiger partial charge in [-0.3, -0.25) is 10.1 Å². The van der Waals surface area contributed by atoms with Gasteiger partial charge >= 0.3 is 0 Å². The standard InChI is InChI=1S/C34H28N4O3/c1-24(2)41-32-21-18-25(23-35-32)33-30-22-29(38(39)40)19-20-31(30)37(36-33)34(26-12-6-3-7-13-26,27-14-8-4-9-15-27)28-16-10-5-11-17-28/h3-24H,1-2H3. The monoisotopic (exact) mass is 540 g/mol. The third-order valence-corrected chi connectivity index (χ3v) is 7.13. The maximum atomic E-state index is 11.9. The van der Waals surface area contributed by atoms with Crippen LogP contribution in [0.25, 0.3) is 22.2 Å². The van der Waals surface area contributed by atoms with Gasteiger partial charge in [-0.2, -0.15) is 5.10 Å². The van der Waals surface area contributed by atoms with E-state index >= 15 is 0 Å². The second-order valence-electron chi connectivity index (χ2n) is 10.1. The molecule has 0 saturated heterocycles. The van der Waals surface area contributed by atoms with Crippen LogP contribution in [0.3, 0.4) is 0 Å². The van der Waals surface area contributed by atoms with E-state index in [4.69, 9.17) is 9.84 Å². The quantitative estimate of drug-likeness (QED) is 0.113. The van der Waals surface area contributed by atoms with Crippen LogP contribution >= 0.6 is 0 Å². The van der Waals surface area contributed by atoms with Gasteiger partial charge < -0.3 is 4.74 Å². The highest BCUT2D eigenvalue weighted by Gasteiger charge is 2.41. The predicted octanol–water partition coefficient (Wildman–Crippen LogP) is 7.63. The van der Waals surface area contributed by atoms with E-state index in [1.807, 2.05) is 79.2 Å². The van der Waals surface area contributed by atoms with Crippen LogP contribution in [-0.2, 0) is 5.54 Å². The average Bonchev–Trinajstić information content (AvgIpc) is 3.38. The zero-order valence-corrected chi connectivity index (χ0v) is 22.7. The molecular weight excluding hydrogens is 512 g/mol. The minimum atomic E-state index is -0.884. The normalized spacial score (nSPS) is 11.6. The summed E-state index contributed by atoms with van der Waals surface area (Å²) < 4.78 is 7.75. The predicted molar refractivity (Wildman–Crippen MR) is 160 cm³/mol. The van der Waals surface area contributed by atoms with Gasteiger partial charge in [-0.1, -0.05) is 91.0 Å². The summed E-state index contributed by atoms with van der Waals surface area (Å²) in [6, 6.07) is 39.3. The SMILES string of the molecule is CC(C)Oc1ccc(-c2nn(C(c3ccccc3)(c3ccccc3)c3ccccc3)c3ccc([N+](=O)[O-])cc23)cn1. The summed E-state index contributed by atoms with van der Waals surface area (Å²) in [7, 11) is 0. The first-order valence-corrected chi connectivity index (χ1v) is 13.5. The molecule has 7 heteroatoms. The number of fused-ring (bicyclic) bond motifs is 1. The van der Waals surface area contributed by atoms with Crippen LogP contribution in [0.1, 0.15) is 30.5 Å². The molecule has 0 N–H and O–H groups in total. The number of hydrogen-bond acceptors (Lipinski definition) is 5. The smallest absolute Gasteiger partial charge is 0.270 e. The summed E-state index contributed by atoms with van der Waals surface area (Å²) in [4.78, 5) is 16.0. The van der Waals surface area contributed by atoms with Gasteiger partial charge in [0, 0.05) is 35.3 Å². The number of non-ortho nitro benzene ring substituents is 1. The largest absolute Gasteiger partial charge is 0.475 e. The van der Waals surface area contributed by atoms with Gasteiger partial charge in [0.05, 0.1) is 16.5 Å². The topological polar surface area (TPSA) is 83.1 Å². The van der Waals surface area contributed by atoms with Crippen molar-refractivity contribution in [1.82, 2.24) is 14.8 Å². The van der Waals surface area contributed by atoms with Crippen molar-refractivity contribution in [3.8, 4) is 17.1 Å². The molecule has 202 valence electrons. The molecule has 0 atom stereocenters. The van der Waals surface area contributed by atoms with Gasteiger partial charge in [-0.15, -0.1) is 0 Å². The first kappa shape index (κ1) is 26.0. The van der Waals surface area contributed by atoms with Crippen molar-refractivity contribution in [2.75, 3.05) is 0 Å². The number of aromatic nitrogens is 3. The van der Waals surface area contributed by atoms with Crippen molar-refractivity contribution in [3.05, 3.63) is 154 Å². The van der Waals surface area contributed by atoms with E-state index in [0.29, 0.717) is 17.0 Å².